The first-order chi connectivity index (χ1) is 7.72. The largest absolute Gasteiger partial charge is 0.394 e. The van der Waals surface area contributed by atoms with Crippen LogP contribution in [0.1, 0.15) is 17.5 Å². The highest BCUT2D eigenvalue weighted by molar-refractivity contribution is 5.57. The van der Waals surface area contributed by atoms with E-state index in [1.165, 1.54) is 0 Å². The molecule has 3 N–H and O–H groups in total. The van der Waals surface area contributed by atoms with Crippen LogP contribution in [0.15, 0.2) is 23.0 Å². The molecule has 1 atom stereocenters. The molecule has 0 bridgehead atoms. The van der Waals surface area contributed by atoms with Gasteiger partial charge in [0.1, 0.15) is 6.04 Å². The molecule has 16 heavy (non-hydrogen) atoms. The van der Waals surface area contributed by atoms with Crippen molar-refractivity contribution in [3.8, 4) is 11.4 Å². The van der Waals surface area contributed by atoms with E-state index in [0.29, 0.717) is 5.82 Å². The predicted octanol–water partition coefficient (Wildman–Crippen LogP) is 0.432. The van der Waals surface area contributed by atoms with E-state index in [0.717, 1.165) is 11.1 Å². The van der Waals surface area contributed by atoms with Crippen LogP contribution in [0.3, 0.4) is 0 Å². The minimum Gasteiger partial charge on any atom is -0.394 e. The zero-order valence-electron chi connectivity index (χ0n) is 8.79. The maximum Gasteiger partial charge on any atom is 0.246 e. The summed E-state index contributed by atoms with van der Waals surface area (Å²) in [6.07, 6.45) is 3.38. The minimum atomic E-state index is -0.636. The molecule has 0 aromatic carbocycles. The van der Waals surface area contributed by atoms with Crippen LogP contribution in [-0.2, 0) is 0 Å². The van der Waals surface area contributed by atoms with Crippen LogP contribution < -0.4 is 5.73 Å². The minimum absolute atomic E-state index is 0.225. The standard InChI is InChI=1S/C10H12N4O2/c1-6-4-12-3-2-7(6)9-13-10(16-14-9)8(11)5-15/h2-4,8,15H,5,11H2,1H3/t8-/m0/s1. The second-order valence-electron chi connectivity index (χ2n) is 3.44. The number of aromatic nitrogens is 3. The number of aliphatic hydroxyl groups is 1. The Morgan fingerprint density at radius 3 is 3.06 bits per heavy atom. The summed E-state index contributed by atoms with van der Waals surface area (Å²) in [5, 5.41) is 12.7. The Balaban J connectivity index is 2.35. The van der Waals surface area contributed by atoms with Crippen molar-refractivity contribution in [2.75, 3.05) is 6.61 Å². The van der Waals surface area contributed by atoms with Gasteiger partial charge in [0, 0.05) is 18.0 Å². The molecule has 0 aliphatic carbocycles. The third-order valence-electron chi connectivity index (χ3n) is 2.22. The molecule has 0 saturated carbocycles. The maximum absolute atomic E-state index is 8.86. The van der Waals surface area contributed by atoms with E-state index in [4.69, 9.17) is 15.4 Å². The van der Waals surface area contributed by atoms with Crippen molar-refractivity contribution in [2.24, 2.45) is 5.73 Å². The molecule has 6 heteroatoms. The Morgan fingerprint density at radius 1 is 1.56 bits per heavy atom. The van der Waals surface area contributed by atoms with Crippen molar-refractivity contribution in [1.29, 1.82) is 0 Å². The van der Waals surface area contributed by atoms with Gasteiger partial charge in [-0.1, -0.05) is 5.16 Å². The molecule has 0 unspecified atom stereocenters. The summed E-state index contributed by atoms with van der Waals surface area (Å²) in [5.41, 5.74) is 7.36. The lowest BCUT2D eigenvalue weighted by molar-refractivity contribution is 0.237. The van der Waals surface area contributed by atoms with E-state index in [1.807, 2.05) is 6.92 Å². The van der Waals surface area contributed by atoms with Crippen LogP contribution >= 0.6 is 0 Å². The first-order valence-electron chi connectivity index (χ1n) is 4.83. The molecule has 2 heterocycles. The summed E-state index contributed by atoms with van der Waals surface area (Å²) in [6.45, 7) is 1.68. The lowest BCUT2D eigenvalue weighted by Gasteiger charge is -1.99. The van der Waals surface area contributed by atoms with Gasteiger partial charge in [0.25, 0.3) is 0 Å². The fourth-order valence-corrected chi connectivity index (χ4v) is 1.30. The van der Waals surface area contributed by atoms with E-state index in [1.54, 1.807) is 18.5 Å². The Kier molecular flexibility index (Phi) is 2.93. The number of nitrogens with two attached hydrogens (primary N) is 1. The fraction of sp³-hybridized carbons (Fsp3) is 0.300. The van der Waals surface area contributed by atoms with Crippen LogP contribution in [0, 0.1) is 6.92 Å². The second-order valence-corrected chi connectivity index (χ2v) is 3.44. The topological polar surface area (TPSA) is 98.1 Å². The molecule has 0 aliphatic heterocycles. The number of hydrogen-bond acceptors (Lipinski definition) is 6. The van der Waals surface area contributed by atoms with E-state index in [-0.39, 0.29) is 12.5 Å². The first-order valence-corrected chi connectivity index (χ1v) is 4.83. The Labute approximate surface area is 92.1 Å². The monoisotopic (exact) mass is 220 g/mol. The van der Waals surface area contributed by atoms with Crippen molar-refractivity contribution in [3.05, 3.63) is 29.9 Å². The van der Waals surface area contributed by atoms with Gasteiger partial charge in [0.15, 0.2) is 0 Å². The molecule has 84 valence electrons. The maximum atomic E-state index is 8.86. The van der Waals surface area contributed by atoms with E-state index in [9.17, 15) is 0 Å². The fourth-order valence-electron chi connectivity index (χ4n) is 1.30. The van der Waals surface area contributed by atoms with Gasteiger partial charge >= 0.3 is 0 Å². The average Bonchev–Trinajstić information content (AvgIpc) is 2.78. The number of aliphatic hydroxyl groups excluding tert-OH is 1. The van der Waals surface area contributed by atoms with Gasteiger partial charge in [-0.25, -0.2) is 0 Å². The molecule has 0 fully saturated rings. The van der Waals surface area contributed by atoms with Crippen molar-refractivity contribution in [3.63, 3.8) is 0 Å². The highest BCUT2D eigenvalue weighted by Gasteiger charge is 2.15. The van der Waals surface area contributed by atoms with E-state index < -0.39 is 6.04 Å². The van der Waals surface area contributed by atoms with Crippen molar-refractivity contribution in [1.82, 2.24) is 15.1 Å². The quantitative estimate of drug-likeness (QED) is 0.778. The molecule has 2 aromatic heterocycles. The number of pyridine rings is 1. The smallest absolute Gasteiger partial charge is 0.246 e. The van der Waals surface area contributed by atoms with Crippen molar-refractivity contribution >= 4 is 0 Å². The third kappa shape index (κ3) is 1.93. The van der Waals surface area contributed by atoms with E-state index in [2.05, 4.69) is 15.1 Å². The zero-order valence-corrected chi connectivity index (χ0v) is 8.79. The second kappa shape index (κ2) is 4.38. The molecule has 0 saturated heterocycles. The molecule has 2 rings (SSSR count). The lowest BCUT2D eigenvalue weighted by Crippen LogP contribution is -2.14. The van der Waals surface area contributed by atoms with Gasteiger partial charge in [-0.2, -0.15) is 4.98 Å². The van der Waals surface area contributed by atoms with Gasteiger partial charge < -0.3 is 15.4 Å². The van der Waals surface area contributed by atoms with Crippen LogP contribution in [0.4, 0.5) is 0 Å². The first kappa shape index (κ1) is 10.7. The van der Waals surface area contributed by atoms with Crippen LogP contribution in [-0.4, -0.2) is 26.8 Å². The molecular formula is C10H12N4O2. The highest BCUT2D eigenvalue weighted by Crippen LogP contribution is 2.20. The molecular weight excluding hydrogens is 208 g/mol. The summed E-state index contributed by atoms with van der Waals surface area (Å²) in [6, 6.07) is 1.16. The van der Waals surface area contributed by atoms with Gasteiger partial charge in [0.2, 0.25) is 11.7 Å². The molecule has 0 aliphatic rings. The summed E-state index contributed by atoms with van der Waals surface area (Å²) < 4.78 is 4.96. The van der Waals surface area contributed by atoms with Gasteiger partial charge in [-0.05, 0) is 18.6 Å². The highest BCUT2D eigenvalue weighted by atomic mass is 16.5. The SMILES string of the molecule is Cc1cnccc1-c1noc([C@@H](N)CO)n1. The van der Waals surface area contributed by atoms with Crippen LogP contribution in [0.5, 0.6) is 0 Å². The van der Waals surface area contributed by atoms with Crippen LogP contribution in [0.25, 0.3) is 11.4 Å². The summed E-state index contributed by atoms with van der Waals surface area (Å²) in [5.74, 6) is 0.688. The van der Waals surface area contributed by atoms with Gasteiger partial charge in [-0.3, -0.25) is 4.98 Å². The predicted molar refractivity (Wildman–Crippen MR) is 56.3 cm³/mol. The van der Waals surface area contributed by atoms with Crippen molar-refractivity contribution < 1.29 is 9.63 Å². The van der Waals surface area contributed by atoms with Crippen LogP contribution in [0.2, 0.25) is 0 Å². The number of nitrogens with zero attached hydrogens (tertiary/aromatic N) is 3. The summed E-state index contributed by atoms with van der Waals surface area (Å²) >= 11 is 0. The number of rotatable bonds is 3. The van der Waals surface area contributed by atoms with Gasteiger partial charge in [0.05, 0.1) is 6.61 Å². The Bertz CT molecular complexity index is 483. The Hall–Kier alpha value is -1.79. The molecule has 2 aromatic rings. The summed E-state index contributed by atoms with van der Waals surface area (Å²) in [4.78, 5) is 8.10. The molecule has 0 spiro atoms. The average molecular weight is 220 g/mol. The number of aryl methyl sites for hydroxylation is 1. The van der Waals surface area contributed by atoms with Gasteiger partial charge in [-0.15, -0.1) is 0 Å². The molecule has 0 radical (unpaired) electrons. The zero-order chi connectivity index (χ0) is 11.5. The third-order valence-corrected chi connectivity index (χ3v) is 2.22. The summed E-state index contributed by atoms with van der Waals surface area (Å²) in [7, 11) is 0. The number of hydrogen-bond donors (Lipinski definition) is 2. The van der Waals surface area contributed by atoms with E-state index >= 15 is 0 Å². The lowest BCUT2D eigenvalue weighted by atomic mass is 10.1. The van der Waals surface area contributed by atoms with Crippen molar-refractivity contribution in [2.45, 2.75) is 13.0 Å². The molecule has 6 nitrogen and oxygen atoms in total. The Morgan fingerprint density at radius 2 is 2.38 bits per heavy atom. The normalized spacial score (nSPS) is 12.7. The molecule has 0 amide bonds.